The topological polar surface area (TPSA) is 97.6 Å². The van der Waals surface area contributed by atoms with Crippen molar-refractivity contribution in [2.75, 3.05) is 37.6 Å². The number of aromatic nitrogens is 2. The highest BCUT2D eigenvalue weighted by Crippen LogP contribution is 2.31. The molecular weight excluding hydrogens is 410 g/mol. The van der Waals surface area contributed by atoms with Gasteiger partial charge in [0.1, 0.15) is 0 Å². The van der Waals surface area contributed by atoms with Gasteiger partial charge in [-0.15, -0.1) is 0 Å². The number of para-hydroxylation sites is 1. The number of benzene rings is 1. The second kappa shape index (κ2) is 8.71. The maximum absolute atomic E-state index is 13.1. The van der Waals surface area contributed by atoms with Gasteiger partial charge in [0.05, 0.1) is 28.9 Å². The number of nitrogens with zero attached hydrogens (tertiary/aromatic N) is 3. The first-order chi connectivity index (χ1) is 15.5. The molecule has 2 aromatic rings. The van der Waals surface area contributed by atoms with E-state index in [0.29, 0.717) is 18.2 Å². The molecule has 4 heterocycles. The molecule has 0 bridgehead atoms. The number of piperidine rings is 3. The van der Waals surface area contributed by atoms with E-state index in [4.69, 9.17) is 4.74 Å². The third-order valence-corrected chi connectivity index (χ3v) is 7.02. The van der Waals surface area contributed by atoms with Crippen molar-refractivity contribution >= 4 is 28.4 Å². The van der Waals surface area contributed by atoms with E-state index in [1.165, 1.54) is 4.57 Å². The van der Waals surface area contributed by atoms with Crippen molar-refractivity contribution in [3.63, 3.8) is 0 Å². The number of nitrogens with one attached hydrogen (secondary N) is 2. The second-order valence-corrected chi connectivity index (χ2v) is 9.04. The molecule has 0 aliphatic carbocycles. The fourth-order valence-electron chi connectivity index (χ4n) is 5.31. The number of imidazole rings is 1. The van der Waals surface area contributed by atoms with Crippen LogP contribution in [0.15, 0.2) is 23.0 Å². The van der Waals surface area contributed by atoms with Crippen LogP contribution in [0.25, 0.3) is 11.0 Å². The van der Waals surface area contributed by atoms with E-state index in [-0.39, 0.29) is 24.0 Å². The number of hydrogen-bond acceptors (Lipinski definition) is 6. The molecule has 9 nitrogen and oxygen atoms in total. The second-order valence-electron chi connectivity index (χ2n) is 9.04. The Balaban J connectivity index is 1.40. The van der Waals surface area contributed by atoms with Crippen LogP contribution >= 0.6 is 0 Å². The minimum atomic E-state index is -1.10. The van der Waals surface area contributed by atoms with Crippen LogP contribution in [0.5, 0.6) is 0 Å². The Hall–Kier alpha value is -2.65. The fourth-order valence-corrected chi connectivity index (χ4v) is 5.31. The maximum atomic E-state index is 13.1. The van der Waals surface area contributed by atoms with Crippen molar-refractivity contribution in [3.05, 3.63) is 28.7 Å². The normalized spacial score (nSPS) is 23.7. The van der Waals surface area contributed by atoms with E-state index in [9.17, 15) is 14.4 Å². The molecular formula is C23H31N5O4. The first-order valence-corrected chi connectivity index (χ1v) is 11.7. The summed E-state index contributed by atoms with van der Waals surface area (Å²) in [5, 5.41) is 6.10. The van der Waals surface area contributed by atoms with Gasteiger partial charge in [-0.2, -0.15) is 0 Å². The Morgan fingerprint density at radius 3 is 2.41 bits per heavy atom. The lowest BCUT2D eigenvalue weighted by molar-refractivity contribution is -0.135. The number of carbonyl (C=O) groups is 2. The number of anilines is 1. The molecule has 3 aliphatic heterocycles. The smallest absolute Gasteiger partial charge is 0.330 e. The molecule has 0 radical (unpaired) electrons. The third-order valence-electron chi connectivity index (χ3n) is 7.02. The van der Waals surface area contributed by atoms with Gasteiger partial charge in [0.2, 0.25) is 0 Å². The molecule has 0 spiro atoms. The van der Waals surface area contributed by atoms with E-state index in [1.54, 1.807) is 11.6 Å². The molecule has 1 atom stereocenters. The van der Waals surface area contributed by atoms with E-state index in [1.807, 2.05) is 18.2 Å². The molecule has 2 N–H and O–H groups in total. The van der Waals surface area contributed by atoms with Crippen molar-refractivity contribution in [2.45, 2.75) is 50.4 Å². The Bertz CT molecular complexity index is 1060. The predicted molar refractivity (Wildman–Crippen MR) is 121 cm³/mol. The van der Waals surface area contributed by atoms with Crippen LogP contribution in [0.4, 0.5) is 5.69 Å². The molecule has 0 saturated carbocycles. The summed E-state index contributed by atoms with van der Waals surface area (Å²) >= 11 is 0. The highest BCUT2D eigenvalue weighted by molar-refractivity contribution is 6.07. The van der Waals surface area contributed by atoms with Crippen LogP contribution in [0.3, 0.4) is 0 Å². The van der Waals surface area contributed by atoms with Gasteiger partial charge in [0.25, 0.3) is 5.91 Å². The molecule has 3 saturated heterocycles. The molecule has 1 amide bonds. The zero-order chi connectivity index (χ0) is 22.2. The molecule has 172 valence electrons. The molecule has 1 aromatic carbocycles. The molecule has 9 heteroatoms. The lowest BCUT2D eigenvalue weighted by atomic mass is 10.0. The summed E-state index contributed by atoms with van der Waals surface area (Å²) in [6.45, 7) is 4.07. The van der Waals surface area contributed by atoms with E-state index < -0.39 is 11.9 Å². The van der Waals surface area contributed by atoms with Gasteiger partial charge < -0.3 is 20.3 Å². The van der Waals surface area contributed by atoms with Crippen molar-refractivity contribution in [3.8, 4) is 0 Å². The quantitative estimate of drug-likeness (QED) is 0.679. The van der Waals surface area contributed by atoms with E-state index >= 15 is 0 Å². The average molecular weight is 442 g/mol. The SMILES string of the molecule is Cn1c(=O)n(C2C(=O)CCNC2=O)c2cccc(N3CCC(OC4CCNCC4)CC3)c21. The van der Waals surface area contributed by atoms with Gasteiger partial charge in [0, 0.05) is 33.1 Å². The molecule has 3 fully saturated rings. The number of aryl methyl sites for hydroxylation is 1. The summed E-state index contributed by atoms with van der Waals surface area (Å²) < 4.78 is 9.28. The number of Topliss-reactive ketones (excluding diaryl/α,β-unsaturated/α-hetero) is 1. The van der Waals surface area contributed by atoms with Crippen LogP contribution in [-0.2, 0) is 21.4 Å². The zero-order valence-electron chi connectivity index (χ0n) is 18.5. The number of rotatable bonds is 4. The summed E-state index contributed by atoms with van der Waals surface area (Å²) in [6, 6.07) is 4.64. The van der Waals surface area contributed by atoms with E-state index in [0.717, 1.165) is 63.1 Å². The van der Waals surface area contributed by atoms with Gasteiger partial charge in [-0.25, -0.2) is 4.79 Å². The number of ether oxygens (including phenoxy) is 1. The van der Waals surface area contributed by atoms with E-state index in [2.05, 4.69) is 15.5 Å². The molecule has 1 unspecified atom stereocenters. The van der Waals surface area contributed by atoms with Gasteiger partial charge in [-0.1, -0.05) is 6.07 Å². The number of fused-ring (bicyclic) bond motifs is 1. The summed E-state index contributed by atoms with van der Waals surface area (Å²) in [4.78, 5) is 40.4. The largest absolute Gasteiger partial charge is 0.375 e. The standard InChI is InChI=1S/C23H31N5O4/c1-26-20-17(27-13-8-16(9-14-27)32-15-5-10-24-11-6-15)3-2-4-18(20)28(23(26)31)21-19(29)7-12-25-22(21)30/h2-4,15-16,21,24H,5-14H2,1H3,(H,25,30). The van der Waals surface area contributed by atoms with Crippen molar-refractivity contribution < 1.29 is 14.3 Å². The number of amides is 1. The summed E-state index contributed by atoms with van der Waals surface area (Å²) in [5.74, 6) is -0.623. The van der Waals surface area contributed by atoms with Crippen LogP contribution in [0.2, 0.25) is 0 Å². The van der Waals surface area contributed by atoms with Crippen LogP contribution in [-0.4, -0.2) is 65.8 Å². The molecule has 5 rings (SSSR count). The Morgan fingerprint density at radius 1 is 0.969 bits per heavy atom. The molecule has 1 aromatic heterocycles. The van der Waals surface area contributed by atoms with Gasteiger partial charge in [-0.05, 0) is 50.9 Å². The van der Waals surface area contributed by atoms with Crippen LogP contribution in [0, 0.1) is 0 Å². The van der Waals surface area contributed by atoms with Crippen molar-refractivity contribution in [2.24, 2.45) is 7.05 Å². The monoisotopic (exact) mass is 441 g/mol. The van der Waals surface area contributed by atoms with Gasteiger partial charge in [-0.3, -0.25) is 18.7 Å². The van der Waals surface area contributed by atoms with Gasteiger partial charge in [0.15, 0.2) is 11.8 Å². The highest BCUT2D eigenvalue weighted by atomic mass is 16.5. The number of carbonyl (C=O) groups excluding carboxylic acids is 2. The maximum Gasteiger partial charge on any atom is 0.330 e. The van der Waals surface area contributed by atoms with Crippen molar-refractivity contribution in [1.82, 2.24) is 19.8 Å². The predicted octanol–water partition coefficient (Wildman–Crippen LogP) is 0.708. The Morgan fingerprint density at radius 2 is 1.69 bits per heavy atom. The van der Waals surface area contributed by atoms with Crippen molar-refractivity contribution in [1.29, 1.82) is 0 Å². The molecule has 32 heavy (non-hydrogen) atoms. The Kier molecular flexibility index (Phi) is 5.77. The summed E-state index contributed by atoms with van der Waals surface area (Å²) in [7, 11) is 1.71. The van der Waals surface area contributed by atoms with Crippen LogP contribution < -0.4 is 21.2 Å². The molecule has 3 aliphatic rings. The first-order valence-electron chi connectivity index (χ1n) is 11.7. The van der Waals surface area contributed by atoms with Crippen LogP contribution in [0.1, 0.15) is 38.1 Å². The third kappa shape index (κ3) is 3.73. The minimum Gasteiger partial charge on any atom is -0.375 e. The highest BCUT2D eigenvalue weighted by Gasteiger charge is 2.35. The number of ketones is 1. The Labute approximate surface area is 186 Å². The fraction of sp³-hybridized carbons (Fsp3) is 0.609. The van der Waals surface area contributed by atoms with Gasteiger partial charge >= 0.3 is 5.69 Å². The number of hydrogen-bond donors (Lipinski definition) is 2. The minimum absolute atomic E-state index is 0.218. The average Bonchev–Trinajstić information content (AvgIpc) is 3.06. The first kappa shape index (κ1) is 21.2. The lowest BCUT2D eigenvalue weighted by Crippen LogP contribution is -2.46. The lowest BCUT2D eigenvalue weighted by Gasteiger charge is -2.36. The zero-order valence-corrected chi connectivity index (χ0v) is 18.5. The summed E-state index contributed by atoms with van der Waals surface area (Å²) in [5.41, 5.74) is 2.01. The summed E-state index contributed by atoms with van der Waals surface area (Å²) in [6.07, 6.45) is 4.89.